The SMILES string of the molecule is CCC(NC(C)CC1CCCCN1)c1ccccc1OC. The van der Waals surface area contributed by atoms with Gasteiger partial charge in [-0.2, -0.15) is 0 Å². The first-order valence-corrected chi connectivity index (χ1v) is 8.37. The van der Waals surface area contributed by atoms with Crippen LogP contribution in [-0.2, 0) is 0 Å². The Morgan fingerprint density at radius 2 is 2.14 bits per heavy atom. The van der Waals surface area contributed by atoms with Gasteiger partial charge in [-0.3, -0.25) is 0 Å². The predicted octanol–water partition coefficient (Wildman–Crippen LogP) is 3.66. The minimum absolute atomic E-state index is 0.361. The molecule has 0 bridgehead atoms. The fraction of sp³-hybridized carbons (Fsp3) is 0.667. The topological polar surface area (TPSA) is 33.3 Å². The summed E-state index contributed by atoms with van der Waals surface area (Å²) in [5, 5.41) is 7.42. The Morgan fingerprint density at radius 3 is 2.81 bits per heavy atom. The molecule has 1 aliphatic heterocycles. The Labute approximate surface area is 129 Å². The van der Waals surface area contributed by atoms with E-state index in [9.17, 15) is 0 Å². The van der Waals surface area contributed by atoms with Gasteiger partial charge in [0.05, 0.1) is 7.11 Å². The van der Waals surface area contributed by atoms with Crippen LogP contribution < -0.4 is 15.4 Å². The van der Waals surface area contributed by atoms with Crippen molar-refractivity contribution in [2.75, 3.05) is 13.7 Å². The maximum absolute atomic E-state index is 5.51. The normalized spacial score (nSPS) is 21.8. The molecule has 1 heterocycles. The van der Waals surface area contributed by atoms with Gasteiger partial charge in [-0.15, -0.1) is 0 Å². The average molecular weight is 290 g/mol. The Kier molecular flexibility index (Phi) is 6.52. The number of benzene rings is 1. The maximum atomic E-state index is 5.51. The zero-order chi connectivity index (χ0) is 15.1. The fourth-order valence-electron chi connectivity index (χ4n) is 3.35. The lowest BCUT2D eigenvalue weighted by molar-refractivity contribution is 0.323. The molecule has 1 fully saturated rings. The van der Waals surface area contributed by atoms with Crippen LogP contribution in [0.25, 0.3) is 0 Å². The van der Waals surface area contributed by atoms with Gasteiger partial charge in [0.25, 0.3) is 0 Å². The highest BCUT2D eigenvalue weighted by Gasteiger charge is 2.20. The second-order valence-electron chi connectivity index (χ2n) is 6.15. The van der Waals surface area contributed by atoms with E-state index in [1.807, 2.05) is 12.1 Å². The van der Waals surface area contributed by atoms with Crippen LogP contribution in [-0.4, -0.2) is 25.7 Å². The number of para-hydroxylation sites is 1. The largest absolute Gasteiger partial charge is 0.496 e. The van der Waals surface area contributed by atoms with Gasteiger partial charge in [0.1, 0.15) is 5.75 Å². The molecule has 2 rings (SSSR count). The molecule has 0 spiro atoms. The molecule has 1 aromatic carbocycles. The lowest BCUT2D eigenvalue weighted by Gasteiger charge is -2.29. The third kappa shape index (κ3) is 4.72. The molecule has 0 amide bonds. The molecule has 3 nitrogen and oxygen atoms in total. The van der Waals surface area contributed by atoms with E-state index in [4.69, 9.17) is 4.74 Å². The minimum Gasteiger partial charge on any atom is -0.496 e. The summed E-state index contributed by atoms with van der Waals surface area (Å²) in [5.74, 6) is 0.986. The third-order valence-corrected chi connectivity index (χ3v) is 4.46. The third-order valence-electron chi connectivity index (χ3n) is 4.46. The van der Waals surface area contributed by atoms with Crippen molar-refractivity contribution < 1.29 is 4.74 Å². The van der Waals surface area contributed by atoms with E-state index in [2.05, 4.69) is 36.6 Å². The molecule has 0 saturated carbocycles. The molecule has 3 atom stereocenters. The molecule has 0 radical (unpaired) electrons. The van der Waals surface area contributed by atoms with Crippen molar-refractivity contribution in [1.29, 1.82) is 0 Å². The highest BCUT2D eigenvalue weighted by Crippen LogP contribution is 2.27. The second-order valence-corrected chi connectivity index (χ2v) is 6.15. The Hall–Kier alpha value is -1.06. The average Bonchev–Trinajstić information content (AvgIpc) is 2.53. The lowest BCUT2D eigenvalue weighted by Crippen LogP contribution is -2.40. The molecular weight excluding hydrogens is 260 g/mol. The molecule has 0 aliphatic carbocycles. The Bertz CT molecular complexity index is 415. The summed E-state index contributed by atoms with van der Waals surface area (Å²) in [4.78, 5) is 0. The van der Waals surface area contributed by atoms with Crippen molar-refractivity contribution in [3.05, 3.63) is 29.8 Å². The van der Waals surface area contributed by atoms with Crippen molar-refractivity contribution in [3.63, 3.8) is 0 Å². The predicted molar refractivity (Wildman–Crippen MR) is 88.9 cm³/mol. The molecule has 3 unspecified atom stereocenters. The number of ether oxygens (including phenoxy) is 1. The van der Waals surface area contributed by atoms with E-state index in [0.29, 0.717) is 18.1 Å². The molecule has 1 aliphatic rings. The van der Waals surface area contributed by atoms with Crippen molar-refractivity contribution in [3.8, 4) is 5.75 Å². The summed E-state index contributed by atoms with van der Waals surface area (Å²) < 4.78 is 5.51. The van der Waals surface area contributed by atoms with Gasteiger partial charge in [0.15, 0.2) is 0 Å². The summed E-state index contributed by atoms with van der Waals surface area (Å²) in [5.41, 5.74) is 1.27. The highest BCUT2D eigenvalue weighted by atomic mass is 16.5. The summed E-state index contributed by atoms with van der Waals surface area (Å²) >= 11 is 0. The quantitative estimate of drug-likeness (QED) is 0.804. The van der Waals surface area contributed by atoms with Crippen LogP contribution in [0.2, 0.25) is 0 Å². The van der Waals surface area contributed by atoms with Gasteiger partial charge in [0, 0.05) is 23.7 Å². The number of rotatable bonds is 7. The van der Waals surface area contributed by atoms with Crippen molar-refractivity contribution in [2.45, 2.75) is 64.1 Å². The van der Waals surface area contributed by atoms with E-state index in [-0.39, 0.29) is 0 Å². The standard InChI is InChI=1S/C18H30N2O/c1-4-17(16-10-5-6-11-18(16)21-3)20-14(2)13-15-9-7-8-12-19-15/h5-6,10-11,14-15,17,19-20H,4,7-9,12-13H2,1-3H3. The zero-order valence-electron chi connectivity index (χ0n) is 13.7. The number of nitrogens with one attached hydrogen (secondary N) is 2. The maximum Gasteiger partial charge on any atom is 0.123 e. The van der Waals surface area contributed by atoms with Gasteiger partial charge in [-0.05, 0) is 45.2 Å². The van der Waals surface area contributed by atoms with Gasteiger partial charge in [-0.25, -0.2) is 0 Å². The van der Waals surface area contributed by atoms with E-state index in [0.717, 1.165) is 12.2 Å². The zero-order valence-corrected chi connectivity index (χ0v) is 13.7. The van der Waals surface area contributed by atoms with Gasteiger partial charge in [-0.1, -0.05) is 31.5 Å². The monoisotopic (exact) mass is 290 g/mol. The molecule has 21 heavy (non-hydrogen) atoms. The van der Waals surface area contributed by atoms with Crippen molar-refractivity contribution in [1.82, 2.24) is 10.6 Å². The molecule has 1 aromatic rings. The molecule has 2 N–H and O–H groups in total. The Balaban J connectivity index is 1.94. The van der Waals surface area contributed by atoms with E-state index < -0.39 is 0 Å². The smallest absolute Gasteiger partial charge is 0.123 e. The fourth-order valence-corrected chi connectivity index (χ4v) is 3.35. The Morgan fingerprint density at radius 1 is 1.33 bits per heavy atom. The van der Waals surface area contributed by atoms with Crippen molar-refractivity contribution >= 4 is 0 Å². The number of hydrogen-bond donors (Lipinski definition) is 2. The summed E-state index contributed by atoms with van der Waals surface area (Å²) in [7, 11) is 1.75. The van der Waals surface area contributed by atoms with Crippen LogP contribution in [0.3, 0.4) is 0 Å². The number of methoxy groups -OCH3 is 1. The molecule has 0 aromatic heterocycles. The van der Waals surface area contributed by atoms with Gasteiger partial charge < -0.3 is 15.4 Å². The second kappa shape index (κ2) is 8.40. The number of hydrogen-bond acceptors (Lipinski definition) is 3. The lowest BCUT2D eigenvalue weighted by atomic mass is 9.97. The first kappa shape index (κ1) is 16.3. The van der Waals surface area contributed by atoms with Crippen LogP contribution in [0.5, 0.6) is 5.75 Å². The first-order valence-electron chi connectivity index (χ1n) is 8.37. The van der Waals surface area contributed by atoms with Crippen LogP contribution in [0, 0.1) is 0 Å². The summed E-state index contributed by atoms with van der Waals surface area (Å²) in [6, 6.07) is 9.89. The van der Waals surface area contributed by atoms with E-state index >= 15 is 0 Å². The molecule has 1 saturated heterocycles. The van der Waals surface area contributed by atoms with Crippen LogP contribution in [0.15, 0.2) is 24.3 Å². The van der Waals surface area contributed by atoms with Crippen LogP contribution in [0.4, 0.5) is 0 Å². The van der Waals surface area contributed by atoms with E-state index in [1.54, 1.807) is 7.11 Å². The highest BCUT2D eigenvalue weighted by molar-refractivity contribution is 5.35. The molecular formula is C18H30N2O. The summed E-state index contributed by atoms with van der Waals surface area (Å²) in [6.45, 7) is 5.71. The number of piperidine rings is 1. The first-order chi connectivity index (χ1) is 10.2. The van der Waals surface area contributed by atoms with Gasteiger partial charge >= 0.3 is 0 Å². The van der Waals surface area contributed by atoms with Crippen LogP contribution in [0.1, 0.15) is 57.6 Å². The van der Waals surface area contributed by atoms with Gasteiger partial charge in [0.2, 0.25) is 0 Å². The molecule has 118 valence electrons. The van der Waals surface area contributed by atoms with E-state index in [1.165, 1.54) is 37.8 Å². The van der Waals surface area contributed by atoms with Crippen molar-refractivity contribution in [2.24, 2.45) is 0 Å². The van der Waals surface area contributed by atoms with Crippen LogP contribution >= 0.6 is 0 Å². The molecule has 3 heteroatoms. The minimum atomic E-state index is 0.361. The summed E-state index contributed by atoms with van der Waals surface area (Å²) in [6.07, 6.45) is 6.29.